The largest absolute Gasteiger partial charge is 0.432 e. The van der Waals surface area contributed by atoms with Gasteiger partial charge in [-0.25, -0.2) is 9.37 Å². The van der Waals surface area contributed by atoms with E-state index in [9.17, 15) is 13.2 Å². The van der Waals surface area contributed by atoms with Crippen molar-refractivity contribution in [1.29, 1.82) is 0 Å². The Morgan fingerprint density at radius 3 is 2.81 bits per heavy atom. The highest BCUT2D eigenvalue weighted by Crippen LogP contribution is 2.30. The maximum Gasteiger partial charge on any atom is 0.387 e. The number of nitrogens with one attached hydrogen (secondary N) is 1. The van der Waals surface area contributed by atoms with Crippen molar-refractivity contribution in [2.75, 3.05) is 17.6 Å². The number of aromatic nitrogens is 1. The predicted molar refractivity (Wildman–Crippen MR) is 76.5 cm³/mol. The van der Waals surface area contributed by atoms with Crippen LogP contribution in [0.3, 0.4) is 0 Å². The average molecular weight is 317 g/mol. The van der Waals surface area contributed by atoms with E-state index in [-0.39, 0.29) is 11.6 Å². The van der Waals surface area contributed by atoms with Crippen LogP contribution in [0.4, 0.5) is 24.5 Å². The Balaban J connectivity index is 2.08. The zero-order valence-corrected chi connectivity index (χ0v) is 12.0. The number of rotatable bonds is 6. The molecule has 1 aromatic heterocycles. The van der Waals surface area contributed by atoms with Crippen molar-refractivity contribution < 1.29 is 17.9 Å². The number of thiazole rings is 1. The lowest BCUT2D eigenvalue weighted by Crippen LogP contribution is -2.12. The molecule has 1 atom stereocenters. The molecule has 114 valence electrons. The van der Waals surface area contributed by atoms with E-state index in [1.165, 1.54) is 11.3 Å². The quantitative estimate of drug-likeness (QED) is 0.798. The van der Waals surface area contributed by atoms with E-state index in [4.69, 9.17) is 5.73 Å². The summed E-state index contributed by atoms with van der Waals surface area (Å²) in [6.07, 6.45) is 1.71. The Morgan fingerprint density at radius 1 is 1.43 bits per heavy atom. The van der Waals surface area contributed by atoms with Gasteiger partial charge in [-0.2, -0.15) is 8.78 Å². The van der Waals surface area contributed by atoms with Crippen LogP contribution in [0.15, 0.2) is 23.7 Å². The topological polar surface area (TPSA) is 60.2 Å². The van der Waals surface area contributed by atoms with Crippen LogP contribution in [0.2, 0.25) is 0 Å². The summed E-state index contributed by atoms with van der Waals surface area (Å²) in [7, 11) is 0. The summed E-state index contributed by atoms with van der Waals surface area (Å²) in [6, 6.07) is 2.08. The molecule has 3 N–H and O–H groups in total. The first-order valence-electron chi connectivity index (χ1n) is 6.14. The van der Waals surface area contributed by atoms with E-state index in [0.717, 1.165) is 17.1 Å². The van der Waals surface area contributed by atoms with Gasteiger partial charge in [0.05, 0.1) is 16.4 Å². The molecule has 0 radical (unpaired) electrons. The van der Waals surface area contributed by atoms with Crippen molar-refractivity contribution in [3.05, 3.63) is 34.5 Å². The summed E-state index contributed by atoms with van der Waals surface area (Å²) >= 11 is 1.52. The van der Waals surface area contributed by atoms with Gasteiger partial charge in [0.1, 0.15) is 0 Å². The van der Waals surface area contributed by atoms with Crippen molar-refractivity contribution in [3.63, 3.8) is 0 Å². The molecule has 0 aliphatic rings. The minimum Gasteiger partial charge on any atom is -0.432 e. The van der Waals surface area contributed by atoms with Crippen LogP contribution in [0.1, 0.15) is 17.8 Å². The maximum atomic E-state index is 13.4. The molecule has 2 aromatic rings. The average Bonchev–Trinajstić information content (AvgIpc) is 2.93. The molecular weight excluding hydrogens is 303 g/mol. The molecule has 21 heavy (non-hydrogen) atoms. The molecule has 8 heteroatoms. The number of nitrogens with zero attached hydrogens (tertiary/aromatic N) is 1. The van der Waals surface area contributed by atoms with Crippen molar-refractivity contribution in [3.8, 4) is 5.75 Å². The van der Waals surface area contributed by atoms with Crippen molar-refractivity contribution in [2.45, 2.75) is 19.5 Å². The first-order chi connectivity index (χ1) is 9.97. The van der Waals surface area contributed by atoms with Gasteiger partial charge in [-0.05, 0) is 0 Å². The monoisotopic (exact) mass is 317 g/mol. The van der Waals surface area contributed by atoms with Gasteiger partial charge in [0.15, 0.2) is 11.6 Å². The summed E-state index contributed by atoms with van der Waals surface area (Å²) in [5.41, 5.74) is 6.14. The van der Waals surface area contributed by atoms with E-state index >= 15 is 0 Å². The Kier molecular flexibility index (Phi) is 4.89. The van der Waals surface area contributed by atoms with Gasteiger partial charge in [-0.1, -0.05) is 6.92 Å². The molecule has 0 aliphatic heterocycles. The molecule has 0 saturated carbocycles. The van der Waals surface area contributed by atoms with Crippen LogP contribution in [0, 0.1) is 5.82 Å². The number of hydrogen-bond acceptors (Lipinski definition) is 5. The van der Waals surface area contributed by atoms with Crippen molar-refractivity contribution in [1.82, 2.24) is 4.98 Å². The Labute approximate surface area is 123 Å². The number of hydrogen-bond donors (Lipinski definition) is 2. The van der Waals surface area contributed by atoms with Crippen LogP contribution >= 0.6 is 11.3 Å². The van der Waals surface area contributed by atoms with E-state index in [2.05, 4.69) is 15.0 Å². The SMILES string of the molecule is CC(CNc1cc(OC(F)F)c(F)cc1N)c1nccs1. The van der Waals surface area contributed by atoms with E-state index in [0.29, 0.717) is 12.2 Å². The first kappa shape index (κ1) is 15.4. The molecule has 0 fully saturated rings. The summed E-state index contributed by atoms with van der Waals surface area (Å²) in [4.78, 5) is 4.19. The van der Waals surface area contributed by atoms with Gasteiger partial charge < -0.3 is 15.8 Å². The van der Waals surface area contributed by atoms with E-state index < -0.39 is 18.2 Å². The smallest absolute Gasteiger partial charge is 0.387 e. The number of halogens is 3. The minimum absolute atomic E-state index is 0.105. The number of nitrogens with two attached hydrogens (primary N) is 1. The van der Waals surface area contributed by atoms with Gasteiger partial charge in [0.25, 0.3) is 0 Å². The van der Waals surface area contributed by atoms with Crippen LogP contribution in [-0.2, 0) is 0 Å². The zero-order valence-electron chi connectivity index (χ0n) is 11.1. The van der Waals surface area contributed by atoms with E-state index in [1.54, 1.807) is 6.20 Å². The van der Waals surface area contributed by atoms with Crippen LogP contribution < -0.4 is 15.8 Å². The van der Waals surface area contributed by atoms with Gasteiger partial charge >= 0.3 is 6.61 Å². The molecule has 2 rings (SSSR count). The Bertz CT molecular complexity index is 593. The Morgan fingerprint density at radius 2 is 2.19 bits per heavy atom. The van der Waals surface area contributed by atoms with Crippen LogP contribution in [0.25, 0.3) is 0 Å². The third-order valence-corrected chi connectivity index (χ3v) is 3.80. The highest BCUT2D eigenvalue weighted by molar-refractivity contribution is 7.09. The number of nitrogen functional groups attached to an aromatic ring is 1. The lowest BCUT2D eigenvalue weighted by molar-refractivity contribution is -0.0521. The van der Waals surface area contributed by atoms with Crippen molar-refractivity contribution in [2.24, 2.45) is 0 Å². The Hall–Kier alpha value is -1.96. The molecule has 0 bridgehead atoms. The molecule has 1 unspecified atom stereocenters. The third kappa shape index (κ3) is 4.01. The van der Waals surface area contributed by atoms with Crippen LogP contribution in [-0.4, -0.2) is 18.1 Å². The van der Waals surface area contributed by atoms with Gasteiger partial charge in [0.2, 0.25) is 0 Å². The summed E-state index contributed by atoms with van der Waals surface area (Å²) in [6.45, 7) is -0.648. The molecule has 0 aliphatic carbocycles. The molecule has 0 spiro atoms. The normalized spacial score (nSPS) is 12.4. The highest BCUT2D eigenvalue weighted by atomic mass is 32.1. The summed E-state index contributed by atoms with van der Waals surface area (Å²) in [5.74, 6) is -1.36. The fourth-order valence-electron chi connectivity index (χ4n) is 1.74. The fraction of sp³-hybridized carbons (Fsp3) is 0.308. The lowest BCUT2D eigenvalue weighted by atomic mass is 10.2. The number of ether oxygens (including phenoxy) is 1. The third-order valence-electron chi connectivity index (χ3n) is 2.79. The summed E-state index contributed by atoms with van der Waals surface area (Å²) in [5, 5.41) is 5.80. The van der Waals surface area contributed by atoms with Gasteiger partial charge in [-0.3, -0.25) is 0 Å². The zero-order chi connectivity index (χ0) is 15.4. The lowest BCUT2D eigenvalue weighted by Gasteiger charge is -2.15. The predicted octanol–water partition coefficient (Wildman–Crippen LogP) is 3.68. The number of anilines is 2. The molecule has 4 nitrogen and oxygen atoms in total. The molecule has 0 amide bonds. The minimum atomic E-state index is -3.09. The molecule has 1 aromatic carbocycles. The highest BCUT2D eigenvalue weighted by Gasteiger charge is 2.14. The second-order valence-electron chi connectivity index (χ2n) is 4.40. The van der Waals surface area contributed by atoms with Crippen molar-refractivity contribution >= 4 is 22.7 Å². The van der Waals surface area contributed by atoms with Gasteiger partial charge in [0, 0.05) is 36.2 Å². The number of benzene rings is 1. The second-order valence-corrected chi connectivity index (χ2v) is 5.33. The van der Waals surface area contributed by atoms with Gasteiger partial charge in [-0.15, -0.1) is 11.3 Å². The maximum absolute atomic E-state index is 13.4. The number of alkyl halides is 2. The second kappa shape index (κ2) is 6.66. The molecular formula is C13H14F3N3OS. The first-order valence-corrected chi connectivity index (χ1v) is 7.02. The summed E-state index contributed by atoms with van der Waals surface area (Å²) < 4.78 is 41.9. The van der Waals surface area contributed by atoms with Crippen LogP contribution in [0.5, 0.6) is 5.75 Å². The standard InChI is InChI=1S/C13H14F3N3OS/c1-7(12-18-2-3-21-12)6-19-10-5-11(20-13(15)16)8(14)4-9(10)17/h2-5,7,13,19H,6,17H2,1H3. The van der Waals surface area contributed by atoms with E-state index in [1.807, 2.05) is 12.3 Å². The molecule has 1 heterocycles. The fourth-order valence-corrected chi connectivity index (χ4v) is 2.43. The molecule has 0 saturated heterocycles.